The Bertz CT molecular complexity index is 1360. The van der Waals surface area contributed by atoms with Crippen molar-refractivity contribution in [3.05, 3.63) is 78.4 Å². The summed E-state index contributed by atoms with van der Waals surface area (Å²) < 4.78 is 16.3. The van der Waals surface area contributed by atoms with Crippen LogP contribution in [0, 0.1) is 0 Å². The van der Waals surface area contributed by atoms with E-state index in [2.05, 4.69) is 0 Å². The number of rotatable bonds is 5. The number of imide groups is 1. The number of hydrogen-bond acceptors (Lipinski definition) is 7. The highest BCUT2D eigenvalue weighted by Crippen LogP contribution is 2.31. The zero-order valence-corrected chi connectivity index (χ0v) is 23.1. The lowest BCUT2D eigenvalue weighted by molar-refractivity contribution is 0.0126. The summed E-state index contributed by atoms with van der Waals surface area (Å²) in [5, 5.41) is 10.7. The molecule has 9 nitrogen and oxygen atoms in total. The fourth-order valence-electron chi connectivity index (χ4n) is 4.41. The quantitative estimate of drug-likeness (QED) is 0.403. The summed E-state index contributed by atoms with van der Waals surface area (Å²) in [6.07, 6.45) is -0.224. The van der Waals surface area contributed by atoms with Crippen LogP contribution < -0.4 is 9.64 Å². The third kappa shape index (κ3) is 6.91. The maximum Gasteiger partial charge on any atom is 0.421 e. The molecule has 0 atom stereocenters. The molecule has 0 spiro atoms. The van der Waals surface area contributed by atoms with Crippen molar-refractivity contribution in [2.45, 2.75) is 45.3 Å². The van der Waals surface area contributed by atoms with Crippen LogP contribution in [0.1, 0.15) is 44.0 Å². The van der Waals surface area contributed by atoms with Gasteiger partial charge < -0.3 is 24.2 Å². The molecule has 1 N–H and O–H groups in total. The molecule has 9 heteroatoms. The van der Waals surface area contributed by atoms with Crippen molar-refractivity contribution in [2.24, 2.45) is 0 Å². The normalized spacial score (nSPS) is 13.8. The van der Waals surface area contributed by atoms with Crippen molar-refractivity contribution in [2.75, 3.05) is 25.1 Å². The standard InChI is InChI=1S/C31H34N2O7/c1-31(2,3)40-29(36)32-17-15-24(16-18-32)39-25-13-14-26(27(34)20-25)28(35)33(30(37)38-4)23-12-8-11-22(19-23)21-9-6-5-7-10-21/h5-14,19-20,24,34H,15-18H2,1-4H3. The largest absolute Gasteiger partial charge is 0.507 e. The van der Waals surface area contributed by atoms with Crippen LogP contribution in [0.2, 0.25) is 0 Å². The lowest BCUT2D eigenvalue weighted by Crippen LogP contribution is -2.44. The van der Waals surface area contributed by atoms with Crippen molar-refractivity contribution in [3.63, 3.8) is 0 Å². The van der Waals surface area contributed by atoms with Gasteiger partial charge in [-0.2, -0.15) is 0 Å². The Hall–Kier alpha value is -4.53. The Kier molecular flexibility index (Phi) is 8.62. The number of ether oxygens (including phenoxy) is 3. The molecule has 1 aliphatic heterocycles. The molecule has 210 valence electrons. The van der Waals surface area contributed by atoms with E-state index in [4.69, 9.17) is 14.2 Å². The molecule has 0 saturated carbocycles. The first-order valence-electron chi connectivity index (χ1n) is 13.1. The SMILES string of the molecule is COC(=O)N(C(=O)c1ccc(OC2CCN(C(=O)OC(C)(C)C)CC2)cc1O)c1cccc(-c2ccccc2)c1. The maximum atomic E-state index is 13.5. The molecule has 3 amide bonds. The van der Waals surface area contributed by atoms with E-state index in [-0.39, 0.29) is 23.5 Å². The van der Waals surface area contributed by atoms with Gasteiger partial charge in [0.1, 0.15) is 23.2 Å². The van der Waals surface area contributed by atoms with Crippen LogP contribution in [0.4, 0.5) is 15.3 Å². The van der Waals surface area contributed by atoms with Gasteiger partial charge in [-0.05, 0) is 56.2 Å². The lowest BCUT2D eigenvalue weighted by Gasteiger charge is -2.33. The second kappa shape index (κ2) is 12.1. The van der Waals surface area contributed by atoms with Gasteiger partial charge in [0, 0.05) is 32.0 Å². The fraction of sp³-hybridized carbons (Fsp3) is 0.323. The highest BCUT2D eigenvalue weighted by atomic mass is 16.6. The van der Waals surface area contributed by atoms with Gasteiger partial charge in [-0.1, -0.05) is 42.5 Å². The van der Waals surface area contributed by atoms with Gasteiger partial charge in [-0.3, -0.25) is 4.79 Å². The van der Waals surface area contributed by atoms with Crippen LogP contribution in [0.5, 0.6) is 11.5 Å². The van der Waals surface area contributed by atoms with Crippen LogP contribution in [0.3, 0.4) is 0 Å². The van der Waals surface area contributed by atoms with Gasteiger partial charge in [0.15, 0.2) is 0 Å². The molecule has 0 radical (unpaired) electrons. The first-order valence-corrected chi connectivity index (χ1v) is 13.1. The number of aromatic hydroxyl groups is 1. The van der Waals surface area contributed by atoms with Gasteiger partial charge in [0.05, 0.1) is 18.4 Å². The minimum absolute atomic E-state index is 0.0809. The van der Waals surface area contributed by atoms with Gasteiger partial charge in [-0.15, -0.1) is 0 Å². The number of hydrogen-bond donors (Lipinski definition) is 1. The predicted octanol–water partition coefficient (Wildman–Crippen LogP) is 6.25. The number of nitrogens with zero attached hydrogens (tertiary/aromatic N) is 2. The predicted molar refractivity (Wildman–Crippen MR) is 151 cm³/mol. The third-order valence-corrected chi connectivity index (χ3v) is 6.37. The monoisotopic (exact) mass is 546 g/mol. The molecule has 3 aromatic carbocycles. The topological polar surface area (TPSA) is 106 Å². The van der Waals surface area contributed by atoms with Gasteiger partial charge >= 0.3 is 12.2 Å². The Morgan fingerprint density at radius 1 is 0.900 bits per heavy atom. The molecule has 0 aromatic heterocycles. The van der Waals surface area contributed by atoms with E-state index in [9.17, 15) is 19.5 Å². The summed E-state index contributed by atoms with van der Waals surface area (Å²) >= 11 is 0. The molecule has 0 aliphatic carbocycles. The number of benzene rings is 3. The molecule has 1 saturated heterocycles. The van der Waals surface area contributed by atoms with Crippen molar-refractivity contribution in [3.8, 4) is 22.6 Å². The molecule has 40 heavy (non-hydrogen) atoms. The van der Waals surface area contributed by atoms with E-state index in [1.807, 2.05) is 57.2 Å². The highest BCUT2D eigenvalue weighted by Gasteiger charge is 2.30. The zero-order valence-electron chi connectivity index (χ0n) is 23.1. The number of carbonyl (C=O) groups excluding carboxylic acids is 3. The summed E-state index contributed by atoms with van der Waals surface area (Å²) in [7, 11) is 1.19. The Morgan fingerprint density at radius 3 is 2.20 bits per heavy atom. The molecule has 1 heterocycles. The lowest BCUT2D eigenvalue weighted by atomic mass is 10.0. The van der Waals surface area contributed by atoms with Gasteiger partial charge in [-0.25, -0.2) is 14.5 Å². The number of anilines is 1. The van der Waals surface area contributed by atoms with E-state index >= 15 is 0 Å². The molecule has 3 aromatic rings. The van der Waals surface area contributed by atoms with Crippen LogP contribution in [-0.2, 0) is 9.47 Å². The molecule has 0 unspecified atom stereocenters. The molecule has 1 fully saturated rings. The number of amides is 3. The highest BCUT2D eigenvalue weighted by molar-refractivity contribution is 6.20. The number of likely N-dealkylation sites (tertiary alicyclic amines) is 1. The molecule has 4 rings (SSSR count). The maximum absolute atomic E-state index is 13.5. The second-order valence-electron chi connectivity index (χ2n) is 10.5. The van der Waals surface area contributed by atoms with Crippen molar-refractivity contribution in [1.82, 2.24) is 4.90 Å². The van der Waals surface area contributed by atoms with E-state index in [1.54, 1.807) is 29.2 Å². The molecule has 1 aliphatic rings. The number of phenols is 1. The average molecular weight is 547 g/mol. The van der Waals surface area contributed by atoms with Gasteiger partial charge in [0.25, 0.3) is 5.91 Å². The Balaban J connectivity index is 1.47. The summed E-state index contributed by atoms with van der Waals surface area (Å²) in [6, 6.07) is 20.8. The Morgan fingerprint density at radius 2 is 1.57 bits per heavy atom. The second-order valence-corrected chi connectivity index (χ2v) is 10.5. The summed E-state index contributed by atoms with van der Waals surface area (Å²) in [4.78, 5) is 41.0. The molecular formula is C31H34N2O7. The van der Waals surface area contributed by atoms with E-state index in [1.165, 1.54) is 19.2 Å². The van der Waals surface area contributed by atoms with Crippen LogP contribution in [0.25, 0.3) is 11.1 Å². The van der Waals surface area contributed by atoms with Crippen LogP contribution >= 0.6 is 0 Å². The van der Waals surface area contributed by atoms with E-state index < -0.39 is 17.6 Å². The van der Waals surface area contributed by atoms with Crippen molar-refractivity contribution < 1.29 is 33.7 Å². The number of phenolic OH excluding ortho intramolecular Hbond substituents is 1. The first-order chi connectivity index (χ1) is 19.1. The summed E-state index contributed by atoms with van der Waals surface area (Å²) in [5.74, 6) is -0.700. The third-order valence-electron chi connectivity index (χ3n) is 6.37. The van der Waals surface area contributed by atoms with Crippen LogP contribution in [0.15, 0.2) is 72.8 Å². The smallest absolute Gasteiger partial charge is 0.421 e. The summed E-state index contributed by atoms with van der Waals surface area (Å²) in [5.41, 5.74) is 1.39. The van der Waals surface area contributed by atoms with Crippen molar-refractivity contribution in [1.29, 1.82) is 0 Å². The number of methoxy groups -OCH3 is 1. The summed E-state index contributed by atoms with van der Waals surface area (Å²) in [6.45, 7) is 6.45. The molecular weight excluding hydrogens is 512 g/mol. The molecule has 0 bridgehead atoms. The van der Waals surface area contributed by atoms with E-state index in [0.29, 0.717) is 37.4 Å². The first kappa shape index (κ1) is 28.5. The zero-order chi connectivity index (χ0) is 28.9. The average Bonchev–Trinajstić information content (AvgIpc) is 2.93. The van der Waals surface area contributed by atoms with E-state index in [0.717, 1.165) is 16.0 Å². The number of piperidine rings is 1. The fourth-order valence-corrected chi connectivity index (χ4v) is 4.41. The van der Waals surface area contributed by atoms with Gasteiger partial charge in [0.2, 0.25) is 0 Å². The van der Waals surface area contributed by atoms with Crippen LogP contribution in [-0.4, -0.2) is 60.0 Å². The van der Waals surface area contributed by atoms with Crippen molar-refractivity contribution >= 4 is 23.8 Å². The Labute approximate surface area is 233 Å². The number of carbonyl (C=O) groups is 3. The minimum atomic E-state index is -0.883. The minimum Gasteiger partial charge on any atom is -0.507 e.